The summed E-state index contributed by atoms with van der Waals surface area (Å²) in [5, 5.41) is 5.51. The smallest absolute Gasteiger partial charge is 0.408 e. The molecule has 6 aromatic rings. The van der Waals surface area contributed by atoms with Crippen molar-refractivity contribution >= 4 is 44.7 Å². The molecule has 8 heteroatoms. The molecule has 1 unspecified atom stereocenters. The lowest BCUT2D eigenvalue weighted by molar-refractivity contribution is -0.136. The van der Waals surface area contributed by atoms with Crippen LogP contribution in [-0.4, -0.2) is 23.1 Å². The molecule has 0 saturated carbocycles. The number of amides is 1. The quantitative estimate of drug-likeness (QED) is 0.115. The van der Waals surface area contributed by atoms with Crippen LogP contribution in [0.3, 0.4) is 0 Å². The summed E-state index contributed by atoms with van der Waals surface area (Å²) < 4.78 is 16.5. The molecule has 2 heterocycles. The standard InChI is InChI=1S/C32H24N2O6/c35-30-26-12-5-4-11-24(26)25-15-14-22(17-29(25)40-30)39-31(36)28(16-21-18-33-27-13-7-6-10-23(21)27)34-32(37)38-19-20-8-2-1-3-9-20/h1-15,17-18,28,33H,16,19H2,(H,34,37). The predicted octanol–water partition coefficient (Wildman–Crippen LogP) is 5.87. The maximum absolute atomic E-state index is 13.4. The van der Waals surface area contributed by atoms with Gasteiger partial charge in [-0.2, -0.15) is 0 Å². The van der Waals surface area contributed by atoms with Crippen molar-refractivity contribution in [2.75, 3.05) is 0 Å². The normalized spacial score (nSPS) is 11.9. The molecule has 8 nitrogen and oxygen atoms in total. The second kappa shape index (κ2) is 10.8. The summed E-state index contributed by atoms with van der Waals surface area (Å²) in [6.45, 7) is 0.0548. The number of carbonyl (C=O) groups excluding carboxylic acids is 2. The van der Waals surface area contributed by atoms with E-state index >= 15 is 0 Å². The van der Waals surface area contributed by atoms with Crippen LogP contribution >= 0.6 is 0 Å². The molecule has 0 bridgehead atoms. The average Bonchev–Trinajstić information content (AvgIpc) is 3.39. The van der Waals surface area contributed by atoms with Crippen molar-refractivity contribution in [3.05, 3.63) is 125 Å². The van der Waals surface area contributed by atoms with Gasteiger partial charge in [0.1, 0.15) is 24.0 Å². The van der Waals surface area contributed by atoms with Gasteiger partial charge < -0.3 is 24.2 Å². The summed E-state index contributed by atoms with van der Waals surface area (Å²) in [4.78, 5) is 41.8. The molecule has 0 saturated heterocycles. The molecule has 0 fully saturated rings. The number of alkyl carbamates (subject to hydrolysis) is 1. The Morgan fingerprint density at radius 1 is 0.825 bits per heavy atom. The first-order chi connectivity index (χ1) is 19.5. The van der Waals surface area contributed by atoms with E-state index < -0.39 is 23.7 Å². The minimum atomic E-state index is -1.05. The summed E-state index contributed by atoms with van der Waals surface area (Å²) in [5.74, 6) is -0.510. The molecule has 0 aliphatic heterocycles. The number of fused-ring (bicyclic) bond motifs is 4. The molecule has 1 atom stereocenters. The van der Waals surface area contributed by atoms with E-state index in [1.807, 2.05) is 66.7 Å². The number of benzene rings is 4. The third kappa shape index (κ3) is 5.15. The Hall–Kier alpha value is -5.37. The lowest BCUT2D eigenvalue weighted by atomic mass is 10.0. The lowest BCUT2D eigenvalue weighted by Gasteiger charge is -2.17. The minimum absolute atomic E-state index is 0.0548. The van der Waals surface area contributed by atoms with Gasteiger partial charge in [-0.1, -0.05) is 66.7 Å². The van der Waals surface area contributed by atoms with Crippen molar-refractivity contribution in [1.82, 2.24) is 10.3 Å². The zero-order valence-electron chi connectivity index (χ0n) is 21.3. The van der Waals surface area contributed by atoms with Gasteiger partial charge in [-0.3, -0.25) is 0 Å². The molecule has 1 amide bonds. The fourth-order valence-corrected chi connectivity index (χ4v) is 4.73. The Kier molecular flexibility index (Phi) is 6.72. The first kappa shape index (κ1) is 24.9. The van der Waals surface area contributed by atoms with E-state index in [4.69, 9.17) is 13.9 Å². The second-order valence-corrected chi connectivity index (χ2v) is 9.34. The van der Waals surface area contributed by atoms with E-state index in [2.05, 4.69) is 10.3 Å². The number of carbonyl (C=O) groups is 2. The van der Waals surface area contributed by atoms with Crippen molar-refractivity contribution in [2.45, 2.75) is 19.1 Å². The molecule has 2 N–H and O–H groups in total. The first-order valence-corrected chi connectivity index (χ1v) is 12.7. The Bertz CT molecular complexity index is 1910. The van der Waals surface area contributed by atoms with E-state index in [9.17, 15) is 14.4 Å². The summed E-state index contributed by atoms with van der Waals surface area (Å²) in [5.41, 5.74) is 2.37. The number of esters is 1. The fraction of sp³-hybridized carbons (Fsp3) is 0.0938. The number of aromatic nitrogens is 1. The van der Waals surface area contributed by atoms with E-state index in [-0.39, 0.29) is 24.4 Å². The van der Waals surface area contributed by atoms with Gasteiger partial charge in [-0.25, -0.2) is 14.4 Å². The maximum atomic E-state index is 13.4. The number of hydrogen-bond acceptors (Lipinski definition) is 6. The Labute approximate surface area is 228 Å². The zero-order valence-corrected chi connectivity index (χ0v) is 21.3. The first-order valence-electron chi connectivity index (χ1n) is 12.7. The predicted molar refractivity (Wildman–Crippen MR) is 151 cm³/mol. The molecule has 0 aliphatic rings. The molecule has 0 radical (unpaired) electrons. The topological polar surface area (TPSA) is 111 Å². The highest BCUT2D eigenvalue weighted by Crippen LogP contribution is 2.27. The number of hydrogen-bond donors (Lipinski definition) is 2. The van der Waals surface area contributed by atoms with Gasteiger partial charge in [-0.15, -0.1) is 0 Å². The highest BCUT2D eigenvalue weighted by molar-refractivity contribution is 6.04. The second-order valence-electron chi connectivity index (χ2n) is 9.34. The van der Waals surface area contributed by atoms with E-state index in [0.717, 1.165) is 27.4 Å². The van der Waals surface area contributed by atoms with Gasteiger partial charge >= 0.3 is 17.7 Å². The molecule has 40 heavy (non-hydrogen) atoms. The minimum Gasteiger partial charge on any atom is -0.445 e. The Morgan fingerprint density at radius 3 is 2.38 bits per heavy atom. The fourth-order valence-electron chi connectivity index (χ4n) is 4.73. The maximum Gasteiger partial charge on any atom is 0.408 e. The molecule has 198 valence electrons. The zero-order chi connectivity index (χ0) is 27.5. The van der Waals surface area contributed by atoms with Crippen molar-refractivity contribution < 1.29 is 23.5 Å². The molecular formula is C32H24N2O6. The van der Waals surface area contributed by atoms with Crippen LogP contribution in [0.25, 0.3) is 32.6 Å². The number of para-hydroxylation sites is 1. The molecule has 2 aromatic heterocycles. The highest BCUT2D eigenvalue weighted by atomic mass is 16.6. The van der Waals surface area contributed by atoms with Crippen LogP contribution in [0.2, 0.25) is 0 Å². The number of nitrogens with one attached hydrogen (secondary N) is 2. The molecule has 6 rings (SSSR count). The summed E-state index contributed by atoms with van der Waals surface area (Å²) >= 11 is 0. The van der Waals surface area contributed by atoms with Crippen LogP contribution < -0.4 is 15.7 Å². The average molecular weight is 533 g/mol. The van der Waals surface area contributed by atoms with E-state index in [1.165, 1.54) is 6.07 Å². The van der Waals surface area contributed by atoms with Crippen LogP contribution in [-0.2, 0) is 22.6 Å². The molecule has 0 spiro atoms. The Morgan fingerprint density at radius 2 is 1.55 bits per heavy atom. The van der Waals surface area contributed by atoms with Crippen LogP contribution in [0.1, 0.15) is 11.1 Å². The molecule has 0 aliphatic carbocycles. The van der Waals surface area contributed by atoms with Gasteiger partial charge in [0.2, 0.25) is 0 Å². The van der Waals surface area contributed by atoms with Gasteiger partial charge in [0.05, 0.1) is 5.39 Å². The lowest BCUT2D eigenvalue weighted by Crippen LogP contribution is -2.44. The number of H-pyrrole nitrogens is 1. The van der Waals surface area contributed by atoms with Gasteiger partial charge in [0.25, 0.3) is 0 Å². The number of rotatable bonds is 7. The largest absolute Gasteiger partial charge is 0.445 e. The Balaban J connectivity index is 1.25. The summed E-state index contributed by atoms with van der Waals surface area (Å²) in [6, 6.07) is 27.9. The monoisotopic (exact) mass is 532 g/mol. The third-order valence-corrected chi connectivity index (χ3v) is 6.70. The van der Waals surface area contributed by atoms with Crippen molar-refractivity contribution in [3.8, 4) is 5.75 Å². The van der Waals surface area contributed by atoms with Gasteiger partial charge in [0.15, 0.2) is 0 Å². The van der Waals surface area contributed by atoms with Crippen LogP contribution in [0.15, 0.2) is 112 Å². The number of ether oxygens (including phenoxy) is 2. The van der Waals surface area contributed by atoms with Gasteiger partial charge in [0, 0.05) is 35.0 Å². The molecular weight excluding hydrogens is 508 g/mol. The van der Waals surface area contributed by atoms with E-state index in [0.29, 0.717) is 10.8 Å². The van der Waals surface area contributed by atoms with Crippen molar-refractivity contribution in [1.29, 1.82) is 0 Å². The highest BCUT2D eigenvalue weighted by Gasteiger charge is 2.26. The SMILES string of the molecule is O=C(NC(Cc1c[nH]c2ccccc12)C(=O)Oc1ccc2c(c1)oc(=O)c1ccccc12)OCc1ccccc1. The van der Waals surface area contributed by atoms with Crippen molar-refractivity contribution in [2.24, 2.45) is 0 Å². The molecule has 4 aromatic carbocycles. The van der Waals surface area contributed by atoms with Crippen LogP contribution in [0, 0.1) is 0 Å². The van der Waals surface area contributed by atoms with E-state index in [1.54, 1.807) is 30.5 Å². The van der Waals surface area contributed by atoms with Crippen LogP contribution in [0.5, 0.6) is 5.75 Å². The van der Waals surface area contributed by atoms with Gasteiger partial charge in [-0.05, 0) is 40.8 Å². The summed E-state index contributed by atoms with van der Waals surface area (Å²) in [6.07, 6.45) is 1.22. The summed E-state index contributed by atoms with van der Waals surface area (Å²) in [7, 11) is 0. The number of aromatic amines is 1. The van der Waals surface area contributed by atoms with Crippen molar-refractivity contribution in [3.63, 3.8) is 0 Å². The third-order valence-electron chi connectivity index (χ3n) is 6.70. The van der Waals surface area contributed by atoms with Crippen LogP contribution in [0.4, 0.5) is 4.79 Å².